The predicted molar refractivity (Wildman–Crippen MR) is 39.8 cm³/mol. The van der Waals surface area contributed by atoms with Gasteiger partial charge in [-0.3, -0.25) is 0 Å². The first-order chi connectivity index (χ1) is 4.51. The Morgan fingerprint density at radius 3 is 2.30 bits per heavy atom. The maximum Gasteiger partial charge on any atom is 0.234 e. The highest BCUT2D eigenvalue weighted by Crippen LogP contribution is 2.11. The van der Waals surface area contributed by atoms with Gasteiger partial charge in [0.1, 0.15) is 0 Å². The summed E-state index contributed by atoms with van der Waals surface area (Å²) in [6.07, 6.45) is 1.68. The fourth-order valence-corrected chi connectivity index (χ4v) is 2.00. The lowest BCUT2D eigenvalue weighted by Crippen LogP contribution is -2.30. The Hall–Kier alpha value is -0.350. The zero-order chi connectivity index (χ0) is 7.78. The van der Waals surface area contributed by atoms with Gasteiger partial charge in [-0.2, -0.15) is 0 Å². The van der Waals surface area contributed by atoms with Crippen LogP contribution in [0.3, 0.4) is 0 Å². The van der Waals surface area contributed by atoms with Gasteiger partial charge in [-0.15, -0.1) is 0 Å². The van der Waals surface area contributed by atoms with Gasteiger partial charge in [-0.1, -0.05) is 19.9 Å². The van der Waals surface area contributed by atoms with E-state index in [-0.39, 0.29) is 6.04 Å². The van der Waals surface area contributed by atoms with Crippen LogP contribution in [0.4, 0.5) is 0 Å². The lowest BCUT2D eigenvalue weighted by molar-refractivity contribution is 0.523. The molecule has 1 atom stereocenters. The molecule has 0 fully saturated rings. The fourth-order valence-electron chi connectivity index (χ4n) is 0.815. The van der Waals surface area contributed by atoms with Crippen molar-refractivity contribution in [3.8, 4) is 0 Å². The van der Waals surface area contributed by atoms with Crippen molar-refractivity contribution >= 4 is 10.0 Å². The summed E-state index contributed by atoms with van der Waals surface area (Å²) in [5.74, 6) is 0.327. The van der Waals surface area contributed by atoms with Gasteiger partial charge < -0.3 is 0 Å². The van der Waals surface area contributed by atoms with Gasteiger partial charge in [-0.25, -0.2) is 13.1 Å². The number of hydrogen-bond donors (Lipinski definition) is 1. The summed E-state index contributed by atoms with van der Waals surface area (Å²) < 4.78 is 24.0. The molecule has 0 saturated heterocycles. The van der Waals surface area contributed by atoms with E-state index in [4.69, 9.17) is 0 Å². The minimum Gasteiger partial charge on any atom is -0.208 e. The lowest BCUT2D eigenvalue weighted by atomic mass is 10.1. The molecule has 0 aromatic carbocycles. The van der Waals surface area contributed by atoms with Crippen LogP contribution >= 0.6 is 0 Å². The molecule has 0 aromatic heterocycles. The van der Waals surface area contributed by atoms with Crippen LogP contribution in [0.2, 0.25) is 0 Å². The molecule has 1 aliphatic rings. The zero-order valence-corrected chi connectivity index (χ0v) is 6.85. The van der Waals surface area contributed by atoms with E-state index < -0.39 is 10.0 Å². The third-order valence-corrected chi connectivity index (χ3v) is 2.60. The Labute approximate surface area is 61.2 Å². The van der Waals surface area contributed by atoms with Gasteiger partial charge >= 0.3 is 0 Å². The molecule has 1 rings (SSSR count). The first kappa shape index (κ1) is 7.75. The van der Waals surface area contributed by atoms with E-state index >= 15 is 0 Å². The molecule has 0 unspecified atom stereocenters. The molecular weight excluding hydrogens is 150 g/mol. The largest absolute Gasteiger partial charge is 0.234 e. The van der Waals surface area contributed by atoms with Crippen LogP contribution < -0.4 is 4.72 Å². The minimum absolute atomic E-state index is 0.00926. The van der Waals surface area contributed by atoms with Crippen molar-refractivity contribution in [3.05, 3.63) is 11.5 Å². The van der Waals surface area contributed by atoms with E-state index in [1.54, 1.807) is 6.08 Å². The number of hydrogen-bond acceptors (Lipinski definition) is 2. The second-order valence-corrected chi connectivity index (χ2v) is 4.36. The average molecular weight is 161 g/mol. The van der Waals surface area contributed by atoms with Crippen molar-refractivity contribution in [2.45, 2.75) is 19.9 Å². The van der Waals surface area contributed by atoms with E-state index in [1.807, 2.05) is 13.8 Å². The van der Waals surface area contributed by atoms with E-state index in [2.05, 4.69) is 4.72 Å². The quantitative estimate of drug-likeness (QED) is 0.607. The summed E-state index contributed by atoms with van der Waals surface area (Å²) in [6, 6.07) is -0.00926. The van der Waals surface area contributed by atoms with Gasteiger partial charge in [0, 0.05) is 11.4 Å². The molecule has 58 valence electrons. The van der Waals surface area contributed by atoms with E-state index in [0.717, 1.165) is 0 Å². The molecule has 0 saturated carbocycles. The maximum atomic E-state index is 10.7. The van der Waals surface area contributed by atoms with Crippen molar-refractivity contribution < 1.29 is 8.42 Å². The van der Waals surface area contributed by atoms with Gasteiger partial charge in [-0.05, 0) is 5.92 Å². The topological polar surface area (TPSA) is 46.2 Å². The summed E-state index contributed by atoms with van der Waals surface area (Å²) in [6.45, 7) is 3.95. The Kier molecular flexibility index (Phi) is 1.83. The smallest absolute Gasteiger partial charge is 0.208 e. The molecule has 0 aliphatic carbocycles. The normalized spacial score (nSPS) is 29.7. The molecule has 0 radical (unpaired) electrons. The van der Waals surface area contributed by atoms with Crippen LogP contribution in [0.15, 0.2) is 11.5 Å². The average Bonchev–Trinajstić information content (AvgIpc) is 2.10. The number of nitrogens with one attached hydrogen (secondary N) is 1. The summed E-state index contributed by atoms with van der Waals surface area (Å²) in [7, 11) is -3.07. The Balaban J connectivity index is 2.72. The Morgan fingerprint density at radius 2 is 2.10 bits per heavy atom. The second kappa shape index (κ2) is 2.36. The first-order valence-corrected chi connectivity index (χ1v) is 4.76. The highest BCUT2D eigenvalue weighted by molar-refractivity contribution is 7.92. The lowest BCUT2D eigenvalue weighted by Gasteiger charge is -2.10. The van der Waals surface area contributed by atoms with Crippen molar-refractivity contribution in [1.29, 1.82) is 0 Å². The summed E-state index contributed by atoms with van der Waals surface area (Å²) in [5, 5.41) is 1.22. The summed E-state index contributed by atoms with van der Waals surface area (Å²) in [5.41, 5.74) is 0. The van der Waals surface area contributed by atoms with E-state index in [9.17, 15) is 8.42 Å². The van der Waals surface area contributed by atoms with Gasteiger partial charge in [0.25, 0.3) is 0 Å². The Bertz CT molecular complexity index is 240. The van der Waals surface area contributed by atoms with Crippen LogP contribution in [0.25, 0.3) is 0 Å². The molecule has 0 amide bonds. The SMILES string of the molecule is CC(C)[C@@H]1C=CS(=O)(=O)N1. The minimum atomic E-state index is -3.07. The summed E-state index contributed by atoms with van der Waals surface area (Å²) >= 11 is 0. The molecule has 10 heavy (non-hydrogen) atoms. The molecule has 3 nitrogen and oxygen atoms in total. The predicted octanol–water partition coefficient (Wildman–Crippen LogP) is 0.458. The summed E-state index contributed by atoms with van der Waals surface area (Å²) in [4.78, 5) is 0. The van der Waals surface area contributed by atoms with Crippen molar-refractivity contribution in [2.75, 3.05) is 0 Å². The standard InChI is InChI=1S/C6H11NO2S/c1-5(2)6-3-4-10(8,9)7-6/h3-7H,1-2H3/t6-/m0/s1. The van der Waals surface area contributed by atoms with E-state index in [0.29, 0.717) is 5.92 Å². The first-order valence-electron chi connectivity index (χ1n) is 3.22. The highest BCUT2D eigenvalue weighted by atomic mass is 32.2. The molecule has 0 spiro atoms. The molecule has 0 aromatic rings. The number of sulfonamides is 1. The van der Waals surface area contributed by atoms with Crippen LogP contribution in [0.5, 0.6) is 0 Å². The van der Waals surface area contributed by atoms with Crippen molar-refractivity contribution in [2.24, 2.45) is 5.92 Å². The monoisotopic (exact) mass is 161 g/mol. The van der Waals surface area contributed by atoms with Gasteiger partial charge in [0.15, 0.2) is 0 Å². The molecule has 4 heteroatoms. The fraction of sp³-hybridized carbons (Fsp3) is 0.667. The molecule has 1 aliphatic heterocycles. The molecule has 1 heterocycles. The zero-order valence-electron chi connectivity index (χ0n) is 6.03. The van der Waals surface area contributed by atoms with Crippen LogP contribution in [0.1, 0.15) is 13.8 Å². The maximum absolute atomic E-state index is 10.7. The second-order valence-electron chi connectivity index (χ2n) is 2.76. The van der Waals surface area contributed by atoms with Crippen LogP contribution in [0, 0.1) is 5.92 Å². The van der Waals surface area contributed by atoms with Crippen molar-refractivity contribution in [3.63, 3.8) is 0 Å². The van der Waals surface area contributed by atoms with Gasteiger partial charge in [0.05, 0.1) is 0 Å². The van der Waals surface area contributed by atoms with Gasteiger partial charge in [0.2, 0.25) is 10.0 Å². The van der Waals surface area contributed by atoms with Crippen LogP contribution in [-0.2, 0) is 10.0 Å². The molecular formula is C6H11NO2S. The third-order valence-electron chi connectivity index (χ3n) is 1.48. The molecule has 1 N–H and O–H groups in total. The highest BCUT2D eigenvalue weighted by Gasteiger charge is 2.21. The molecule has 0 bridgehead atoms. The number of rotatable bonds is 1. The third kappa shape index (κ3) is 1.58. The van der Waals surface area contributed by atoms with Crippen molar-refractivity contribution in [1.82, 2.24) is 4.72 Å². The Morgan fingerprint density at radius 1 is 1.50 bits per heavy atom. The van der Waals surface area contributed by atoms with Crippen LogP contribution in [-0.4, -0.2) is 14.5 Å². The van der Waals surface area contributed by atoms with E-state index in [1.165, 1.54) is 5.41 Å².